The summed E-state index contributed by atoms with van der Waals surface area (Å²) < 4.78 is 22.4. The van der Waals surface area contributed by atoms with Gasteiger partial charge in [-0.05, 0) is 25.5 Å². The zero-order valence-electron chi connectivity index (χ0n) is 10.6. The van der Waals surface area contributed by atoms with E-state index in [1.165, 1.54) is 6.26 Å². The van der Waals surface area contributed by atoms with Crippen LogP contribution in [-0.2, 0) is 9.84 Å². The fourth-order valence-corrected chi connectivity index (χ4v) is 2.96. The van der Waals surface area contributed by atoms with Gasteiger partial charge in [-0.1, -0.05) is 12.2 Å². The van der Waals surface area contributed by atoms with E-state index in [1.807, 2.05) is 6.92 Å². The zero-order chi connectivity index (χ0) is 13.9. The Morgan fingerprint density at radius 2 is 2.22 bits per heavy atom. The highest BCUT2D eigenvalue weighted by molar-refractivity contribution is 7.90. The highest BCUT2D eigenvalue weighted by atomic mass is 32.2. The van der Waals surface area contributed by atoms with Crippen LogP contribution in [0.5, 0.6) is 0 Å². The smallest absolute Gasteiger partial charge is 0.149 e. The van der Waals surface area contributed by atoms with E-state index in [2.05, 4.69) is 10.3 Å². The Morgan fingerprint density at radius 3 is 2.72 bits per heavy atom. The summed E-state index contributed by atoms with van der Waals surface area (Å²) in [7, 11) is -3.04. The van der Waals surface area contributed by atoms with Gasteiger partial charge in [0, 0.05) is 18.5 Å². The number of sulfone groups is 1. The van der Waals surface area contributed by atoms with E-state index in [0.29, 0.717) is 11.4 Å². The van der Waals surface area contributed by atoms with Crippen molar-refractivity contribution in [3.63, 3.8) is 0 Å². The van der Waals surface area contributed by atoms with E-state index in [-0.39, 0.29) is 16.8 Å². The van der Waals surface area contributed by atoms with E-state index >= 15 is 0 Å². The molecule has 0 aromatic carbocycles. The molecule has 3 N–H and O–H groups in total. The van der Waals surface area contributed by atoms with Crippen LogP contribution in [0.4, 0.5) is 5.82 Å². The summed E-state index contributed by atoms with van der Waals surface area (Å²) in [6.45, 7) is 3.65. The van der Waals surface area contributed by atoms with Gasteiger partial charge in [0.1, 0.15) is 20.6 Å². The summed E-state index contributed by atoms with van der Waals surface area (Å²) in [5, 5.41) is 3.03. The molecule has 0 bridgehead atoms. The lowest BCUT2D eigenvalue weighted by molar-refractivity contribution is 0.598. The molecule has 18 heavy (non-hydrogen) atoms. The van der Waals surface area contributed by atoms with Crippen LogP contribution in [0.1, 0.15) is 18.1 Å². The van der Waals surface area contributed by atoms with Crippen LogP contribution in [0, 0.1) is 6.92 Å². The van der Waals surface area contributed by atoms with Gasteiger partial charge in [-0.25, -0.2) is 13.4 Å². The number of hydrogen-bond acceptors (Lipinski definition) is 5. The molecule has 1 atom stereocenters. The van der Waals surface area contributed by atoms with E-state index in [4.69, 9.17) is 18.0 Å². The number of nitrogens with two attached hydrogens (primary N) is 1. The van der Waals surface area contributed by atoms with Crippen LogP contribution in [-0.4, -0.2) is 36.4 Å². The molecule has 5 nitrogen and oxygen atoms in total. The molecule has 1 unspecified atom stereocenters. The quantitative estimate of drug-likeness (QED) is 0.782. The largest absolute Gasteiger partial charge is 0.389 e. The van der Waals surface area contributed by atoms with Crippen LogP contribution in [0.3, 0.4) is 0 Å². The number of aromatic nitrogens is 1. The lowest BCUT2D eigenvalue weighted by Gasteiger charge is -2.17. The molecule has 0 saturated carbocycles. The summed E-state index contributed by atoms with van der Waals surface area (Å²) in [6.07, 6.45) is 2.83. The Labute approximate surface area is 113 Å². The number of aryl methyl sites for hydroxylation is 1. The number of anilines is 1. The minimum Gasteiger partial charge on any atom is -0.389 e. The molecular weight excluding hydrogens is 270 g/mol. The van der Waals surface area contributed by atoms with Crippen molar-refractivity contribution in [2.24, 2.45) is 5.73 Å². The molecule has 0 amide bonds. The number of thiocarbonyl (C=S) groups is 1. The maximum Gasteiger partial charge on any atom is 0.149 e. The van der Waals surface area contributed by atoms with Gasteiger partial charge in [-0.2, -0.15) is 0 Å². The van der Waals surface area contributed by atoms with E-state index in [0.717, 1.165) is 5.56 Å². The van der Waals surface area contributed by atoms with Gasteiger partial charge in [-0.15, -0.1) is 0 Å². The van der Waals surface area contributed by atoms with Crippen molar-refractivity contribution in [2.45, 2.75) is 19.9 Å². The molecule has 0 aliphatic carbocycles. The van der Waals surface area contributed by atoms with Crippen LogP contribution >= 0.6 is 12.2 Å². The molecule has 0 spiro atoms. The minimum absolute atomic E-state index is 0.0272. The lowest BCUT2D eigenvalue weighted by Crippen LogP contribution is -2.27. The number of hydrogen-bond donors (Lipinski definition) is 2. The standard InChI is InChI=1S/C11H17N3O2S2/c1-7-4-5-13-11(9(7)10(12)17)14-8(2)6-18(3,15)16/h4-5,8H,6H2,1-3H3,(H2,12,17)(H,13,14). The van der Waals surface area contributed by atoms with Crippen molar-refractivity contribution in [3.8, 4) is 0 Å². The van der Waals surface area contributed by atoms with Crippen molar-refractivity contribution >= 4 is 32.9 Å². The Bertz CT molecular complexity index is 555. The summed E-state index contributed by atoms with van der Waals surface area (Å²) in [5.41, 5.74) is 7.22. The van der Waals surface area contributed by atoms with Crippen LogP contribution in [0.2, 0.25) is 0 Å². The van der Waals surface area contributed by atoms with E-state index < -0.39 is 9.84 Å². The zero-order valence-corrected chi connectivity index (χ0v) is 12.2. The first-order valence-electron chi connectivity index (χ1n) is 5.40. The molecule has 0 fully saturated rings. The van der Waals surface area contributed by atoms with Crippen molar-refractivity contribution in [3.05, 3.63) is 23.4 Å². The third kappa shape index (κ3) is 4.23. The van der Waals surface area contributed by atoms with Crippen molar-refractivity contribution in [1.29, 1.82) is 0 Å². The summed E-state index contributed by atoms with van der Waals surface area (Å²) in [6, 6.07) is 1.54. The third-order valence-electron chi connectivity index (χ3n) is 2.34. The number of nitrogens with one attached hydrogen (secondary N) is 1. The monoisotopic (exact) mass is 287 g/mol. The fraction of sp³-hybridized carbons (Fsp3) is 0.455. The highest BCUT2D eigenvalue weighted by Gasteiger charge is 2.15. The van der Waals surface area contributed by atoms with Gasteiger partial charge >= 0.3 is 0 Å². The Hall–Kier alpha value is -1.21. The van der Waals surface area contributed by atoms with E-state index in [9.17, 15) is 8.42 Å². The highest BCUT2D eigenvalue weighted by Crippen LogP contribution is 2.17. The van der Waals surface area contributed by atoms with Gasteiger partial charge in [0.15, 0.2) is 0 Å². The second-order valence-electron chi connectivity index (χ2n) is 4.35. The molecular formula is C11H17N3O2S2. The number of pyridine rings is 1. The molecule has 1 rings (SSSR count). The van der Waals surface area contributed by atoms with Gasteiger partial charge in [0.2, 0.25) is 0 Å². The summed E-state index contributed by atoms with van der Waals surface area (Å²) in [5.74, 6) is 0.554. The van der Waals surface area contributed by atoms with Gasteiger partial charge in [0.05, 0.1) is 11.3 Å². The number of nitrogens with zero attached hydrogens (tertiary/aromatic N) is 1. The maximum atomic E-state index is 11.2. The average Bonchev–Trinajstić information content (AvgIpc) is 2.13. The van der Waals surface area contributed by atoms with E-state index in [1.54, 1.807) is 19.2 Å². The van der Waals surface area contributed by atoms with Gasteiger partial charge < -0.3 is 11.1 Å². The molecule has 7 heteroatoms. The first-order chi connectivity index (χ1) is 8.20. The topological polar surface area (TPSA) is 85.1 Å². The van der Waals surface area contributed by atoms with Crippen molar-refractivity contribution in [1.82, 2.24) is 4.98 Å². The molecule has 1 aromatic heterocycles. The average molecular weight is 287 g/mol. The van der Waals surface area contributed by atoms with Crippen LogP contribution in [0.25, 0.3) is 0 Å². The Kier molecular flexibility index (Phi) is 4.64. The second kappa shape index (κ2) is 5.62. The van der Waals surface area contributed by atoms with Gasteiger partial charge in [-0.3, -0.25) is 0 Å². The molecule has 1 heterocycles. The summed E-state index contributed by atoms with van der Waals surface area (Å²) >= 11 is 4.98. The molecule has 0 aliphatic rings. The second-order valence-corrected chi connectivity index (χ2v) is 6.98. The maximum absolute atomic E-state index is 11.2. The first kappa shape index (κ1) is 14.8. The predicted octanol–water partition coefficient (Wildman–Crippen LogP) is 0.869. The minimum atomic E-state index is -3.04. The molecule has 100 valence electrons. The fourth-order valence-electron chi connectivity index (χ4n) is 1.71. The SMILES string of the molecule is Cc1ccnc(NC(C)CS(C)(=O)=O)c1C(N)=S. The third-order valence-corrected chi connectivity index (χ3v) is 3.65. The first-order valence-corrected chi connectivity index (χ1v) is 7.87. The van der Waals surface area contributed by atoms with Crippen molar-refractivity contribution in [2.75, 3.05) is 17.3 Å². The molecule has 0 saturated heterocycles. The van der Waals surface area contributed by atoms with Crippen LogP contribution < -0.4 is 11.1 Å². The number of rotatable bonds is 5. The molecule has 0 radical (unpaired) electrons. The Balaban J connectivity index is 2.98. The van der Waals surface area contributed by atoms with Crippen LogP contribution in [0.15, 0.2) is 12.3 Å². The molecule has 0 aliphatic heterocycles. The lowest BCUT2D eigenvalue weighted by atomic mass is 10.1. The normalized spacial score (nSPS) is 13.1. The molecule has 1 aromatic rings. The van der Waals surface area contributed by atoms with Gasteiger partial charge in [0.25, 0.3) is 0 Å². The Morgan fingerprint density at radius 1 is 1.61 bits per heavy atom. The predicted molar refractivity (Wildman–Crippen MR) is 77.7 cm³/mol. The summed E-state index contributed by atoms with van der Waals surface area (Å²) in [4.78, 5) is 4.40. The van der Waals surface area contributed by atoms with Crippen molar-refractivity contribution < 1.29 is 8.42 Å².